The maximum absolute atomic E-state index is 10.1. The van der Waals surface area contributed by atoms with E-state index < -0.39 is 24.0 Å². The first kappa shape index (κ1) is 19.2. The highest BCUT2D eigenvalue weighted by Crippen LogP contribution is 1.97. The van der Waals surface area contributed by atoms with Gasteiger partial charge in [-0.15, -0.1) is 0 Å². The fourth-order valence-corrected chi connectivity index (χ4v) is 1.10. The Morgan fingerprint density at radius 3 is 1.33 bits per heavy atom. The molecule has 0 aromatic rings. The maximum atomic E-state index is 10.1. The summed E-state index contributed by atoms with van der Waals surface area (Å²) < 4.78 is 0. The molecule has 0 aliphatic heterocycles. The highest BCUT2D eigenvalue weighted by molar-refractivity contribution is 5.73. The quantitative estimate of drug-likeness (QED) is 0.520. The summed E-state index contributed by atoms with van der Waals surface area (Å²) in [5.74, 6) is -1.80. The molecule has 0 aromatic carbocycles. The van der Waals surface area contributed by atoms with Crippen LogP contribution >= 0.6 is 0 Å². The van der Waals surface area contributed by atoms with Gasteiger partial charge in [0.15, 0.2) is 0 Å². The Morgan fingerprint density at radius 2 is 1.17 bits per heavy atom. The largest absolute Gasteiger partial charge is 0.480 e. The van der Waals surface area contributed by atoms with E-state index >= 15 is 0 Å². The van der Waals surface area contributed by atoms with Crippen molar-refractivity contribution in [3.63, 3.8) is 0 Å². The summed E-state index contributed by atoms with van der Waals surface area (Å²) in [6.45, 7) is 4.02. The smallest absolute Gasteiger partial charge is 0.320 e. The van der Waals surface area contributed by atoms with E-state index in [-0.39, 0.29) is 0 Å². The molecule has 0 aliphatic carbocycles. The van der Waals surface area contributed by atoms with Gasteiger partial charge >= 0.3 is 11.9 Å². The Kier molecular flexibility index (Phi) is 13.1. The van der Waals surface area contributed by atoms with Crippen molar-refractivity contribution in [3.05, 3.63) is 0 Å². The van der Waals surface area contributed by atoms with Crippen LogP contribution in [-0.4, -0.2) is 34.2 Å². The molecule has 108 valence electrons. The Bertz CT molecular complexity index is 210. The lowest BCUT2D eigenvalue weighted by Crippen LogP contribution is -2.29. The number of rotatable bonds is 8. The monoisotopic (exact) mass is 262 g/mol. The van der Waals surface area contributed by atoms with Crippen molar-refractivity contribution in [1.82, 2.24) is 0 Å². The topological polar surface area (TPSA) is 127 Å². The Balaban J connectivity index is 0. The molecule has 0 bridgehead atoms. The fraction of sp³-hybridized carbons (Fsp3) is 0.833. The molecular formula is C12H26N2O4. The second-order valence-corrected chi connectivity index (χ2v) is 4.17. The van der Waals surface area contributed by atoms with E-state index in [1.165, 1.54) is 0 Å². The summed E-state index contributed by atoms with van der Waals surface area (Å²) in [7, 11) is 0. The van der Waals surface area contributed by atoms with E-state index in [4.69, 9.17) is 21.7 Å². The molecule has 0 unspecified atom stereocenters. The summed E-state index contributed by atoms with van der Waals surface area (Å²) in [6.07, 6.45) is 4.97. The molecule has 0 rings (SSSR count). The molecule has 0 spiro atoms. The molecule has 0 aliphatic rings. The van der Waals surface area contributed by atoms with Gasteiger partial charge in [0.05, 0.1) is 0 Å². The molecule has 6 nitrogen and oxygen atoms in total. The Hall–Kier alpha value is -1.14. The van der Waals surface area contributed by atoms with Crippen molar-refractivity contribution < 1.29 is 19.8 Å². The predicted octanol–water partition coefficient (Wildman–Crippen LogP) is 1.18. The van der Waals surface area contributed by atoms with E-state index in [2.05, 4.69) is 0 Å². The zero-order valence-electron chi connectivity index (χ0n) is 11.3. The van der Waals surface area contributed by atoms with E-state index in [9.17, 15) is 9.59 Å². The molecule has 0 saturated carbocycles. The van der Waals surface area contributed by atoms with Gasteiger partial charge in [0.25, 0.3) is 0 Å². The lowest BCUT2D eigenvalue weighted by atomic mass is 10.1. The van der Waals surface area contributed by atoms with Gasteiger partial charge in [-0.25, -0.2) is 0 Å². The van der Waals surface area contributed by atoms with Crippen LogP contribution in [-0.2, 0) is 9.59 Å². The molecule has 0 fully saturated rings. The lowest BCUT2D eigenvalue weighted by Gasteiger charge is -2.02. The molecule has 0 heterocycles. The average molecular weight is 262 g/mol. The van der Waals surface area contributed by atoms with E-state index in [0.717, 1.165) is 25.7 Å². The van der Waals surface area contributed by atoms with Gasteiger partial charge in [-0.1, -0.05) is 39.5 Å². The summed E-state index contributed by atoms with van der Waals surface area (Å²) in [5, 5.41) is 16.6. The molecule has 2 atom stereocenters. The standard InChI is InChI=1S/2C6H13NO2/c2*1-2-3-4-5(7)6(8)9/h2*5H,2-4,7H2,1H3,(H,8,9)/t2*5-/m10/s1. The second kappa shape index (κ2) is 12.3. The third-order valence-corrected chi connectivity index (χ3v) is 2.37. The second-order valence-electron chi connectivity index (χ2n) is 4.17. The van der Waals surface area contributed by atoms with E-state index in [0.29, 0.717) is 12.8 Å². The number of unbranched alkanes of at least 4 members (excludes halogenated alkanes) is 2. The van der Waals surface area contributed by atoms with Crippen molar-refractivity contribution in [3.8, 4) is 0 Å². The van der Waals surface area contributed by atoms with Crippen LogP contribution in [0.2, 0.25) is 0 Å². The van der Waals surface area contributed by atoms with Crippen LogP contribution in [0.15, 0.2) is 0 Å². The molecule has 0 amide bonds. The van der Waals surface area contributed by atoms with Crippen LogP contribution in [0.3, 0.4) is 0 Å². The SMILES string of the molecule is CCCC[C@@H](N)C(=O)O.CCCC[C@H](N)C(=O)O. The normalized spacial score (nSPS) is 13.1. The van der Waals surface area contributed by atoms with Gasteiger partial charge in [0, 0.05) is 0 Å². The summed E-state index contributed by atoms with van der Waals surface area (Å²) >= 11 is 0. The molecule has 0 aromatic heterocycles. The summed E-state index contributed by atoms with van der Waals surface area (Å²) in [4.78, 5) is 20.2. The van der Waals surface area contributed by atoms with Crippen LogP contribution in [0.4, 0.5) is 0 Å². The minimum absolute atomic E-state index is 0.589. The van der Waals surface area contributed by atoms with Gasteiger partial charge in [-0.05, 0) is 12.8 Å². The first-order chi connectivity index (χ1) is 8.36. The first-order valence-corrected chi connectivity index (χ1v) is 6.33. The zero-order chi connectivity index (χ0) is 14.6. The summed E-state index contributed by atoms with van der Waals surface area (Å²) in [5.41, 5.74) is 10.4. The number of carbonyl (C=O) groups is 2. The van der Waals surface area contributed by atoms with Crippen molar-refractivity contribution >= 4 is 11.9 Å². The maximum Gasteiger partial charge on any atom is 0.320 e. The predicted molar refractivity (Wildman–Crippen MR) is 70.3 cm³/mol. The minimum atomic E-state index is -0.900. The first-order valence-electron chi connectivity index (χ1n) is 6.33. The lowest BCUT2D eigenvalue weighted by molar-refractivity contribution is -0.139. The highest BCUT2D eigenvalue weighted by Gasteiger charge is 2.09. The van der Waals surface area contributed by atoms with E-state index in [1.807, 2.05) is 13.8 Å². The zero-order valence-corrected chi connectivity index (χ0v) is 11.3. The number of hydrogen-bond donors (Lipinski definition) is 4. The number of aliphatic carboxylic acids is 2. The van der Waals surface area contributed by atoms with E-state index in [1.54, 1.807) is 0 Å². The van der Waals surface area contributed by atoms with Crippen LogP contribution < -0.4 is 11.5 Å². The van der Waals surface area contributed by atoms with Crippen LogP contribution in [0.25, 0.3) is 0 Å². The van der Waals surface area contributed by atoms with Crippen molar-refractivity contribution in [2.75, 3.05) is 0 Å². The molecule has 6 heteroatoms. The molecular weight excluding hydrogens is 236 g/mol. The Morgan fingerprint density at radius 1 is 0.889 bits per heavy atom. The number of nitrogens with two attached hydrogens (primary N) is 2. The summed E-state index contributed by atoms with van der Waals surface area (Å²) in [6, 6.07) is -1.32. The van der Waals surface area contributed by atoms with Crippen LogP contribution in [0.5, 0.6) is 0 Å². The van der Waals surface area contributed by atoms with Crippen LogP contribution in [0.1, 0.15) is 52.4 Å². The van der Waals surface area contributed by atoms with Crippen molar-refractivity contribution in [2.45, 2.75) is 64.5 Å². The van der Waals surface area contributed by atoms with Crippen LogP contribution in [0, 0.1) is 0 Å². The third kappa shape index (κ3) is 12.9. The number of hydrogen-bond acceptors (Lipinski definition) is 4. The minimum Gasteiger partial charge on any atom is -0.480 e. The van der Waals surface area contributed by atoms with Gasteiger partial charge < -0.3 is 21.7 Å². The van der Waals surface area contributed by atoms with Crippen molar-refractivity contribution in [1.29, 1.82) is 0 Å². The molecule has 0 saturated heterocycles. The van der Waals surface area contributed by atoms with Gasteiger partial charge in [0.1, 0.15) is 12.1 Å². The highest BCUT2D eigenvalue weighted by atomic mass is 16.4. The Labute approximate surface area is 108 Å². The van der Waals surface area contributed by atoms with Gasteiger partial charge in [0.2, 0.25) is 0 Å². The molecule has 18 heavy (non-hydrogen) atoms. The number of carboxylic acids is 2. The fourth-order valence-electron chi connectivity index (χ4n) is 1.10. The molecule has 0 radical (unpaired) electrons. The van der Waals surface area contributed by atoms with Crippen molar-refractivity contribution in [2.24, 2.45) is 11.5 Å². The van der Waals surface area contributed by atoms with Gasteiger partial charge in [-0.3, -0.25) is 9.59 Å². The molecule has 6 N–H and O–H groups in total. The number of carboxylic acid groups (broad SMARTS) is 2. The van der Waals surface area contributed by atoms with Gasteiger partial charge in [-0.2, -0.15) is 0 Å². The average Bonchev–Trinajstić information content (AvgIpc) is 2.33. The third-order valence-electron chi connectivity index (χ3n) is 2.37.